The quantitative estimate of drug-likeness (QED) is 0.865. The molecule has 5 fully saturated rings. The Bertz CT molecular complexity index is 378. The summed E-state index contributed by atoms with van der Waals surface area (Å²) in [6.45, 7) is 3.13. The Balaban J connectivity index is 0.00000144. The van der Waals surface area contributed by atoms with Crippen LogP contribution in [0.3, 0.4) is 0 Å². The van der Waals surface area contributed by atoms with Crippen LogP contribution in [-0.4, -0.2) is 37.5 Å². The first-order chi connectivity index (χ1) is 10.2. The molecule has 0 aromatic rings. The van der Waals surface area contributed by atoms with Crippen molar-refractivity contribution in [2.24, 2.45) is 35.5 Å². The molecule has 0 atom stereocenters. The highest BCUT2D eigenvalue weighted by Crippen LogP contribution is 2.56. The summed E-state index contributed by atoms with van der Waals surface area (Å²) in [7, 11) is 2.03. The third kappa shape index (κ3) is 2.91. The largest absolute Gasteiger partial charge is 0.342 e. The topological polar surface area (TPSA) is 32.3 Å². The molecule has 4 heteroatoms. The molecule has 22 heavy (non-hydrogen) atoms. The summed E-state index contributed by atoms with van der Waals surface area (Å²) < 4.78 is 0. The second kappa shape index (κ2) is 6.68. The van der Waals surface area contributed by atoms with E-state index in [1.54, 1.807) is 0 Å². The third-order valence-electron chi connectivity index (χ3n) is 6.93. The van der Waals surface area contributed by atoms with Crippen molar-refractivity contribution in [3.63, 3.8) is 0 Å². The van der Waals surface area contributed by atoms with Gasteiger partial charge in [-0.1, -0.05) is 0 Å². The molecule has 1 saturated heterocycles. The molecule has 1 heterocycles. The molecule has 4 aliphatic carbocycles. The van der Waals surface area contributed by atoms with Crippen molar-refractivity contribution in [2.75, 3.05) is 26.7 Å². The summed E-state index contributed by atoms with van der Waals surface area (Å²) in [5, 5.41) is 3.28. The number of carbonyl (C=O) groups is 1. The molecule has 4 saturated carbocycles. The Hall–Kier alpha value is -0.280. The first kappa shape index (κ1) is 16.6. The SMILES string of the molecule is CNCC1CCN(C(=O)C2C3CC4CC(C3)CC2C4)CC1.Cl. The molecule has 0 spiro atoms. The van der Waals surface area contributed by atoms with E-state index in [1.807, 2.05) is 7.05 Å². The smallest absolute Gasteiger partial charge is 0.226 e. The zero-order chi connectivity index (χ0) is 14.4. The molecule has 4 bridgehead atoms. The molecule has 0 aromatic heterocycles. The van der Waals surface area contributed by atoms with Gasteiger partial charge in [0.15, 0.2) is 0 Å². The van der Waals surface area contributed by atoms with Crippen LogP contribution in [0.5, 0.6) is 0 Å². The number of hydrogen-bond acceptors (Lipinski definition) is 2. The second-order valence-corrected chi connectivity index (χ2v) is 8.28. The normalized spacial score (nSPS) is 40.6. The standard InChI is InChI=1S/C18H30N2O.ClH/c1-19-11-12-2-4-20(5-3-12)18(21)17-15-7-13-6-14(9-15)10-16(17)8-13;/h12-17,19H,2-11H2,1H3;1H. The number of nitrogens with one attached hydrogen (secondary N) is 1. The molecule has 0 radical (unpaired) electrons. The van der Waals surface area contributed by atoms with Gasteiger partial charge in [0.1, 0.15) is 0 Å². The molecule has 1 amide bonds. The fraction of sp³-hybridized carbons (Fsp3) is 0.944. The van der Waals surface area contributed by atoms with E-state index in [0.717, 1.165) is 49.2 Å². The summed E-state index contributed by atoms with van der Waals surface area (Å²) in [4.78, 5) is 15.3. The molecule has 1 N–H and O–H groups in total. The van der Waals surface area contributed by atoms with E-state index in [4.69, 9.17) is 0 Å². The van der Waals surface area contributed by atoms with Crippen LogP contribution in [0.25, 0.3) is 0 Å². The second-order valence-electron chi connectivity index (χ2n) is 8.28. The molecule has 0 unspecified atom stereocenters. The van der Waals surface area contributed by atoms with Crippen molar-refractivity contribution in [1.82, 2.24) is 10.2 Å². The fourth-order valence-electron chi connectivity index (χ4n) is 6.19. The number of amides is 1. The lowest BCUT2D eigenvalue weighted by Crippen LogP contribution is -2.53. The van der Waals surface area contributed by atoms with Crippen molar-refractivity contribution in [2.45, 2.75) is 44.9 Å². The number of rotatable bonds is 3. The summed E-state index contributed by atoms with van der Waals surface area (Å²) in [6.07, 6.45) is 9.31. The lowest BCUT2D eigenvalue weighted by molar-refractivity contribution is -0.150. The maximum atomic E-state index is 13.1. The van der Waals surface area contributed by atoms with Crippen LogP contribution in [0.4, 0.5) is 0 Å². The molecule has 1 aliphatic heterocycles. The van der Waals surface area contributed by atoms with E-state index in [2.05, 4.69) is 10.2 Å². The lowest BCUT2D eigenvalue weighted by atomic mass is 9.51. The van der Waals surface area contributed by atoms with E-state index in [1.165, 1.54) is 44.9 Å². The zero-order valence-electron chi connectivity index (χ0n) is 13.8. The number of carbonyl (C=O) groups excluding carboxylic acids is 1. The van der Waals surface area contributed by atoms with Gasteiger partial charge in [-0.2, -0.15) is 0 Å². The minimum Gasteiger partial charge on any atom is -0.342 e. The van der Waals surface area contributed by atoms with Gasteiger partial charge in [0, 0.05) is 19.0 Å². The average molecular weight is 327 g/mol. The van der Waals surface area contributed by atoms with Gasteiger partial charge in [-0.25, -0.2) is 0 Å². The van der Waals surface area contributed by atoms with Gasteiger partial charge >= 0.3 is 0 Å². The number of nitrogens with zero attached hydrogens (tertiary/aromatic N) is 1. The summed E-state index contributed by atoms with van der Waals surface area (Å²) in [6, 6.07) is 0. The highest BCUT2D eigenvalue weighted by atomic mass is 35.5. The minimum atomic E-state index is 0. The maximum Gasteiger partial charge on any atom is 0.226 e. The van der Waals surface area contributed by atoms with Gasteiger partial charge in [-0.05, 0) is 88.1 Å². The molecule has 5 rings (SSSR count). The van der Waals surface area contributed by atoms with Crippen molar-refractivity contribution < 1.29 is 4.79 Å². The highest BCUT2D eigenvalue weighted by molar-refractivity contribution is 5.85. The molecule has 0 aromatic carbocycles. The average Bonchev–Trinajstić information content (AvgIpc) is 2.47. The number of likely N-dealkylation sites (tertiary alicyclic amines) is 1. The van der Waals surface area contributed by atoms with Gasteiger partial charge in [-0.3, -0.25) is 4.79 Å². The molecule has 3 nitrogen and oxygen atoms in total. The van der Waals surface area contributed by atoms with Gasteiger partial charge < -0.3 is 10.2 Å². The van der Waals surface area contributed by atoms with E-state index in [9.17, 15) is 4.79 Å². The summed E-state index contributed by atoms with van der Waals surface area (Å²) >= 11 is 0. The molecule has 5 aliphatic rings. The Labute approximate surface area is 141 Å². The van der Waals surface area contributed by atoms with Crippen molar-refractivity contribution >= 4 is 18.3 Å². The van der Waals surface area contributed by atoms with Crippen LogP contribution < -0.4 is 5.32 Å². The predicted octanol–water partition coefficient (Wildman–Crippen LogP) is 2.94. The highest BCUT2D eigenvalue weighted by Gasteiger charge is 2.51. The number of piperidine rings is 1. The Kier molecular flexibility index (Phi) is 5.04. The van der Waals surface area contributed by atoms with Gasteiger partial charge in [0.25, 0.3) is 0 Å². The monoisotopic (exact) mass is 326 g/mol. The summed E-state index contributed by atoms with van der Waals surface area (Å²) in [5.74, 6) is 5.13. The van der Waals surface area contributed by atoms with Gasteiger partial charge in [0.2, 0.25) is 5.91 Å². The van der Waals surface area contributed by atoms with Crippen LogP contribution >= 0.6 is 12.4 Å². The van der Waals surface area contributed by atoms with E-state index in [0.29, 0.717) is 11.8 Å². The van der Waals surface area contributed by atoms with Crippen LogP contribution in [0.1, 0.15) is 44.9 Å². The van der Waals surface area contributed by atoms with Crippen LogP contribution in [0, 0.1) is 35.5 Å². The van der Waals surface area contributed by atoms with Gasteiger partial charge in [0.05, 0.1) is 0 Å². The Morgan fingerprint density at radius 1 is 1.00 bits per heavy atom. The first-order valence-corrected chi connectivity index (χ1v) is 9.18. The van der Waals surface area contributed by atoms with E-state index >= 15 is 0 Å². The van der Waals surface area contributed by atoms with Crippen molar-refractivity contribution in [3.8, 4) is 0 Å². The van der Waals surface area contributed by atoms with Crippen LogP contribution in [-0.2, 0) is 4.79 Å². The zero-order valence-corrected chi connectivity index (χ0v) is 14.6. The number of halogens is 1. The lowest BCUT2D eigenvalue weighted by Gasteiger charge is -2.54. The maximum absolute atomic E-state index is 13.1. The van der Waals surface area contributed by atoms with Crippen LogP contribution in [0.2, 0.25) is 0 Å². The molecular weight excluding hydrogens is 296 g/mol. The van der Waals surface area contributed by atoms with Crippen LogP contribution in [0.15, 0.2) is 0 Å². The Morgan fingerprint density at radius 2 is 1.55 bits per heavy atom. The molecular formula is C18H31ClN2O. The van der Waals surface area contributed by atoms with E-state index < -0.39 is 0 Å². The minimum absolute atomic E-state index is 0. The summed E-state index contributed by atoms with van der Waals surface area (Å²) in [5.41, 5.74) is 0. The third-order valence-corrected chi connectivity index (χ3v) is 6.93. The fourth-order valence-corrected chi connectivity index (χ4v) is 6.19. The Morgan fingerprint density at radius 3 is 2.05 bits per heavy atom. The van der Waals surface area contributed by atoms with Crippen molar-refractivity contribution in [3.05, 3.63) is 0 Å². The van der Waals surface area contributed by atoms with Crippen molar-refractivity contribution in [1.29, 1.82) is 0 Å². The molecule has 126 valence electrons. The predicted molar refractivity (Wildman–Crippen MR) is 91.0 cm³/mol. The van der Waals surface area contributed by atoms with E-state index in [-0.39, 0.29) is 12.4 Å². The first-order valence-electron chi connectivity index (χ1n) is 9.18. The number of hydrogen-bond donors (Lipinski definition) is 1. The van der Waals surface area contributed by atoms with Gasteiger partial charge in [-0.15, -0.1) is 12.4 Å².